The summed E-state index contributed by atoms with van der Waals surface area (Å²) >= 11 is 0. The van der Waals surface area contributed by atoms with E-state index in [4.69, 9.17) is 0 Å². The van der Waals surface area contributed by atoms with Crippen LogP contribution in [0.1, 0.15) is 68.4 Å². The van der Waals surface area contributed by atoms with Crippen molar-refractivity contribution in [3.05, 3.63) is 71.5 Å². The number of piperidine rings is 2. The number of amides is 2. The van der Waals surface area contributed by atoms with Crippen molar-refractivity contribution in [3.8, 4) is 0 Å². The first-order chi connectivity index (χ1) is 16.0. The van der Waals surface area contributed by atoms with Crippen LogP contribution in [0.2, 0.25) is 0 Å². The molecule has 3 aliphatic rings. The third-order valence-electron chi connectivity index (χ3n) is 8.50. The number of carbonyl (C=O) groups excluding carboxylic acids is 2. The third-order valence-corrected chi connectivity index (χ3v) is 8.50. The highest BCUT2D eigenvalue weighted by atomic mass is 19.1. The topological polar surface area (TPSA) is 49.4 Å². The smallest absolute Gasteiger partial charge is 0.233 e. The minimum Gasteiger partial charge on any atom is -0.355 e. The molecule has 5 rings (SSSR count). The van der Waals surface area contributed by atoms with Crippen LogP contribution in [0.25, 0.3) is 0 Å². The molecule has 4 nitrogen and oxygen atoms in total. The van der Waals surface area contributed by atoms with Crippen molar-refractivity contribution in [2.75, 3.05) is 19.6 Å². The molecule has 0 aromatic heterocycles. The number of rotatable bonds is 3. The largest absolute Gasteiger partial charge is 0.355 e. The lowest BCUT2D eigenvalue weighted by molar-refractivity contribution is -0.142. The Bertz CT molecular complexity index is 1010. The van der Waals surface area contributed by atoms with Crippen LogP contribution >= 0.6 is 0 Å². The van der Waals surface area contributed by atoms with E-state index in [9.17, 15) is 14.0 Å². The van der Waals surface area contributed by atoms with Gasteiger partial charge in [0.15, 0.2) is 0 Å². The lowest BCUT2D eigenvalue weighted by atomic mass is 9.62. The summed E-state index contributed by atoms with van der Waals surface area (Å²) in [7, 11) is 0. The fourth-order valence-electron chi connectivity index (χ4n) is 6.65. The van der Waals surface area contributed by atoms with E-state index in [2.05, 4.69) is 22.3 Å². The second-order valence-electron chi connectivity index (χ2n) is 10.3. The first-order valence-corrected chi connectivity index (χ1v) is 12.4. The fraction of sp³-hybridized carbons (Fsp3) is 0.500. The molecule has 2 heterocycles. The average Bonchev–Trinajstić information content (AvgIpc) is 2.85. The van der Waals surface area contributed by atoms with Gasteiger partial charge in [-0.05, 0) is 54.4 Å². The number of hydrogen-bond acceptors (Lipinski definition) is 2. The van der Waals surface area contributed by atoms with Crippen LogP contribution < -0.4 is 5.32 Å². The van der Waals surface area contributed by atoms with Gasteiger partial charge in [-0.1, -0.05) is 61.7 Å². The summed E-state index contributed by atoms with van der Waals surface area (Å²) < 4.78 is 14.0. The van der Waals surface area contributed by atoms with Crippen molar-refractivity contribution in [1.82, 2.24) is 10.2 Å². The highest BCUT2D eigenvalue weighted by molar-refractivity contribution is 5.88. The van der Waals surface area contributed by atoms with Gasteiger partial charge in [-0.2, -0.15) is 0 Å². The van der Waals surface area contributed by atoms with Gasteiger partial charge in [-0.15, -0.1) is 0 Å². The van der Waals surface area contributed by atoms with Crippen molar-refractivity contribution in [3.63, 3.8) is 0 Å². The molecule has 3 fully saturated rings. The molecule has 1 aliphatic carbocycles. The molecule has 174 valence electrons. The van der Waals surface area contributed by atoms with Crippen LogP contribution in [0.15, 0.2) is 54.6 Å². The Morgan fingerprint density at radius 2 is 1.67 bits per heavy atom. The van der Waals surface area contributed by atoms with Crippen molar-refractivity contribution < 1.29 is 14.0 Å². The molecule has 2 aromatic rings. The van der Waals surface area contributed by atoms with Gasteiger partial charge in [-0.3, -0.25) is 9.59 Å². The standard InChI is InChI=1S/C28H33FN2O2/c29-23-11-7-8-21(18-23)24-20-30-25(32)19-27(24)14-16-31(17-15-27)26(33)28(12-5-2-6-13-28)22-9-3-1-4-10-22/h1,3-4,7-11,18,24H,2,5-6,12-17,19-20H2,(H,30,32)/t24-/m1/s1. The summed E-state index contributed by atoms with van der Waals surface area (Å²) in [6.45, 7) is 1.85. The van der Waals surface area contributed by atoms with Crippen molar-refractivity contribution in [2.45, 2.75) is 62.7 Å². The van der Waals surface area contributed by atoms with E-state index in [0.717, 1.165) is 49.7 Å². The van der Waals surface area contributed by atoms with Crippen molar-refractivity contribution in [1.29, 1.82) is 0 Å². The molecule has 2 saturated heterocycles. The average molecular weight is 449 g/mol. The normalized spacial score (nSPS) is 24.3. The van der Waals surface area contributed by atoms with Gasteiger partial charge in [0.1, 0.15) is 5.82 Å². The Labute approximate surface area is 195 Å². The number of carbonyl (C=O) groups is 2. The number of nitrogens with one attached hydrogen (secondary N) is 1. The highest BCUT2D eigenvalue weighted by Crippen LogP contribution is 2.50. The zero-order valence-corrected chi connectivity index (χ0v) is 19.2. The Hall–Kier alpha value is -2.69. The van der Waals surface area contributed by atoms with E-state index in [1.165, 1.54) is 12.5 Å². The molecule has 1 N–H and O–H groups in total. The van der Waals surface area contributed by atoms with Crippen molar-refractivity contribution >= 4 is 11.8 Å². The first kappa shape index (κ1) is 22.1. The number of halogens is 1. The molecule has 33 heavy (non-hydrogen) atoms. The molecule has 1 atom stereocenters. The molecule has 0 unspecified atom stereocenters. The van der Waals surface area contributed by atoms with E-state index in [1.807, 2.05) is 24.3 Å². The minimum absolute atomic E-state index is 0.0652. The van der Waals surface area contributed by atoms with Gasteiger partial charge in [-0.25, -0.2) is 4.39 Å². The Balaban J connectivity index is 1.38. The number of benzene rings is 2. The zero-order valence-electron chi connectivity index (χ0n) is 19.2. The molecule has 0 bridgehead atoms. The summed E-state index contributed by atoms with van der Waals surface area (Å²) in [4.78, 5) is 28.5. The van der Waals surface area contributed by atoms with Gasteiger partial charge in [0.25, 0.3) is 0 Å². The van der Waals surface area contributed by atoms with Crippen LogP contribution in [0.4, 0.5) is 4.39 Å². The molecule has 0 radical (unpaired) electrons. The highest BCUT2D eigenvalue weighted by Gasteiger charge is 2.49. The van der Waals surface area contributed by atoms with Crippen LogP contribution in [-0.4, -0.2) is 36.3 Å². The van der Waals surface area contributed by atoms with Gasteiger partial charge in [0.05, 0.1) is 5.41 Å². The van der Waals surface area contributed by atoms with Crippen LogP contribution in [0.5, 0.6) is 0 Å². The fourth-order valence-corrected chi connectivity index (χ4v) is 6.65. The maximum absolute atomic E-state index is 14.0. The third kappa shape index (κ3) is 4.07. The van der Waals surface area contributed by atoms with Gasteiger partial charge >= 0.3 is 0 Å². The quantitative estimate of drug-likeness (QED) is 0.723. The second kappa shape index (κ2) is 8.92. The number of likely N-dealkylation sites (tertiary alicyclic amines) is 1. The summed E-state index contributed by atoms with van der Waals surface area (Å²) in [5.41, 5.74) is 1.45. The predicted octanol–water partition coefficient (Wildman–Crippen LogP) is 4.94. The molecular formula is C28H33FN2O2. The van der Waals surface area contributed by atoms with Gasteiger partial charge < -0.3 is 10.2 Å². The maximum Gasteiger partial charge on any atom is 0.233 e. The van der Waals surface area contributed by atoms with Crippen LogP contribution in [0, 0.1) is 11.2 Å². The summed E-state index contributed by atoms with van der Waals surface area (Å²) in [5.74, 6) is 0.150. The molecule has 5 heteroatoms. The zero-order chi connectivity index (χ0) is 22.9. The lowest BCUT2D eigenvalue weighted by Gasteiger charge is -2.50. The van der Waals surface area contributed by atoms with Gasteiger partial charge in [0, 0.05) is 32.0 Å². The summed E-state index contributed by atoms with van der Waals surface area (Å²) in [6, 6.07) is 17.1. The number of hydrogen-bond donors (Lipinski definition) is 1. The molecule has 1 spiro atoms. The Morgan fingerprint density at radius 3 is 2.36 bits per heavy atom. The van der Waals surface area contributed by atoms with E-state index < -0.39 is 5.41 Å². The van der Waals surface area contributed by atoms with E-state index in [0.29, 0.717) is 26.1 Å². The molecule has 1 saturated carbocycles. The summed E-state index contributed by atoms with van der Waals surface area (Å²) in [6.07, 6.45) is 7.17. The van der Waals surface area contributed by atoms with Crippen LogP contribution in [-0.2, 0) is 15.0 Å². The van der Waals surface area contributed by atoms with Gasteiger partial charge in [0.2, 0.25) is 11.8 Å². The predicted molar refractivity (Wildman–Crippen MR) is 126 cm³/mol. The van der Waals surface area contributed by atoms with E-state index in [-0.39, 0.29) is 29.0 Å². The minimum atomic E-state index is -0.421. The maximum atomic E-state index is 14.0. The molecular weight excluding hydrogens is 415 g/mol. The SMILES string of the molecule is O=C1CC2(CCN(C(=O)C3(c4ccccc4)CCCCC3)CC2)[C@@H](c2cccc(F)c2)CN1. The summed E-state index contributed by atoms with van der Waals surface area (Å²) in [5, 5.41) is 2.99. The second-order valence-corrected chi connectivity index (χ2v) is 10.3. The molecule has 2 aromatic carbocycles. The Morgan fingerprint density at radius 1 is 0.939 bits per heavy atom. The lowest BCUT2D eigenvalue weighted by Crippen LogP contribution is -2.56. The Kier molecular flexibility index (Phi) is 5.98. The van der Waals surface area contributed by atoms with Crippen molar-refractivity contribution in [2.24, 2.45) is 5.41 Å². The van der Waals surface area contributed by atoms with Crippen LogP contribution in [0.3, 0.4) is 0 Å². The molecule has 2 amide bonds. The first-order valence-electron chi connectivity index (χ1n) is 12.4. The molecule has 2 aliphatic heterocycles. The number of nitrogens with zero attached hydrogens (tertiary/aromatic N) is 1. The van der Waals surface area contributed by atoms with E-state index >= 15 is 0 Å². The monoisotopic (exact) mass is 448 g/mol. The van der Waals surface area contributed by atoms with E-state index in [1.54, 1.807) is 12.1 Å².